The third kappa shape index (κ3) is 4.93. The number of thiocarbonyl (C=S) groups is 2. The molecule has 0 fully saturated rings. The molecule has 0 atom stereocenters. The molecule has 0 radical (unpaired) electrons. The lowest BCUT2D eigenvalue weighted by atomic mass is 9.76. The predicted octanol–water partition coefficient (Wildman–Crippen LogP) is 5.49. The number of benzene rings is 1. The number of nitrogens with zero attached hydrogens (tertiary/aromatic N) is 2. The van der Waals surface area contributed by atoms with E-state index in [-0.39, 0.29) is 10.8 Å². The van der Waals surface area contributed by atoms with Crippen LogP contribution >= 0.6 is 24.4 Å². The highest BCUT2D eigenvalue weighted by molar-refractivity contribution is 7.78. The number of rotatable bonds is 4. The monoisotopic (exact) mass is 332 g/mol. The van der Waals surface area contributed by atoms with Crippen LogP contribution in [0, 0.1) is 0 Å². The van der Waals surface area contributed by atoms with E-state index in [0.717, 1.165) is 0 Å². The molecule has 0 aromatic heterocycles. The van der Waals surface area contributed by atoms with Crippen molar-refractivity contribution in [1.82, 2.24) is 0 Å². The normalized spacial score (nSPS) is 11.5. The van der Waals surface area contributed by atoms with Gasteiger partial charge in [0.05, 0.1) is 23.4 Å². The second kappa shape index (κ2) is 7.39. The number of hydrogen-bond donors (Lipinski definition) is 0. The zero-order valence-corrected chi connectivity index (χ0v) is 15.9. The van der Waals surface area contributed by atoms with Crippen LogP contribution in [0.3, 0.4) is 0 Å². The molecule has 1 aromatic carbocycles. The van der Waals surface area contributed by atoms with Gasteiger partial charge in [-0.05, 0) is 57.5 Å². The second-order valence-electron chi connectivity index (χ2n) is 7.48. The molecule has 2 nitrogen and oxygen atoms in total. The Morgan fingerprint density at radius 1 is 0.773 bits per heavy atom. The van der Waals surface area contributed by atoms with Crippen LogP contribution in [0.25, 0.3) is 0 Å². The van der Waals surface area contributed by atoms with Crippen molar-refractivity contribution in [3.05, 3.63) is 34.4 Å². The van der Waals surface area contributed by atoms with Gasteiger partial charge in [-0.2, -0.15) is 0 Å². The zero-order valence-electron chi connectivity index (χ0n) is 14.3. The maximum atomic E-state index is 4.72. The molecule has 0 bridgehead atoms. The summed E-state index contributed by atoms with van der Waals surface area (Å²) in [5.74, 6) is 0. The van der Waals surface area contributed by atoms with Crippen molar-refractivity contribution in [3.8, 4) is 0 Å². The molecule has 1 rings (SSSR count). The van der Waals surface area contributed by atoms with E-state index in [1.165, 1.54) is 22.3 Å². The second-order valence-corrected chi connectivity index (χ2v) is 7.85. The Bertz CT molecular complexity index is 583. The average molecular weight is 333 g/mol. The Morgan fingerprint density at radius 3 is 1.41 bits per heavy atom. The van der Waals surface area contributed by atoms with E-state index < -0.39 is 0 Å². The van der Waals surface area contributed by atoms with Crippen molar-refractivity contribution in [2.45, 2.75) is 65.5 Å². The first-order valence-electron chi connectivity index (χ1n) is 7.35. The van der Waals surface area contributed by atoms with Crippen molar-refractivity contribution in [1.29, 1.82) is 0 Å². The zero-order chi connectivity index (χ0) is 17.0. The predicted molar refractivity (Wildman–Crippen MR) is 101 cm³/mol. The fourth-order valence-electron chi connectivity index (χ4n) is 2.59. The Labute approximate surface area is 144 Å². The minimum Gasteiger partial charge on any atom is -0.228 e. The Balaban J connectivity index is 3.62. The molecule has 118 valence electrons. The van der Waals surface area contributed by atoms with Crippen LogP contribution in [-0.4, -0.2) is 10.3 Å². The van der Waals surface area contributed by atoms with Gasteiger partial charge in [0, 0.05) is 0 Å². The van der Waals surface area contributed by atoms with Crippen molar-refractivity contribution in [3.63, 3.8) is 0 Å². The lowest BCUT2D eigenvalue weighted by Crippen LogP contribution is -2.20. The molecule has 4 heteroatoms. The van der Waals surface area contributed by atoms with Crippen LogP contribution in [0.5, 0.6) is 0 Å². The number of hydrogen-bond acceptors (Lipinski definition) is 4. The highest BCUT2D eigenvalue weighted by Crippen LogP contribution is 2.34. The fourth-order valence-corrected chi connectivity index (χ4v) is 2.72. The van der Waals surface area contributed by atoms with Gasteiger partial charge in [0.25, 0.3) is 0 Å². The summed E-state index contributed by atoms with van der Waals surface area (Å²) in [6.45, 7) is 14.4. The Kier molecular flexibility index (Phi) is 6.34. The van der Waals surface area contributed by atoms with Crippen LogP contribution in [0.1, 0.15) is 63.8 Å². The summed E-state index contributed by atoms with van der Waals surface area (Å²) >= 11 is 9.43. The van der Waals surface area contributed by atoms with Gasteiger partial charge in [0.15, 0.2) is 0 Å². The van der Waals surface area contributed by atoms with E-state index in [4.69, 9.17) is 24.4 Å². The first-order chi connectivity index (χ1) is 10.1. The lowest BCUT2D eigenvalue weighted by molar-refractivity contribution is 0.558. The van der Waals surface area contributed by atoms with Gasteiger partial charge in [-0.15, -0.1) is 0 Å². The maximum Gasteiger partial charge on any atom is 0.0746 e. The summed E-state index contributed by atoms with van der Waals surface area (Å²) in [5, 5.41) is 4.92. The van der Waals surface area contributed by atoms with Crippen molar-refractivity contribution < 1.29 is 0 Å². The number of isothiocyanates is 2. The van der Waals surface area contributed by atoms with Crippen LogP contribution in [0.2, 0.25) is 0 Å². The summed E-state index contributed by atoms with van der Waals surface area (Å²) in [4.78, 5) is 8.25. The van der Waals surface area contributed by atoms with Gasteiger partial charge in [0.2, 0.25) is 0 Å². The third-order valence-corrected chi connectivity index (χ3v) is 3.83. The molecule has 0 N–H and O–H groups in total. The summed E-state index contributed by atoms with van der Waals surface area (Å²) in [6, 6.07) is 4.48. The van der Waals surface area contributed by atoms with E-state index in [2.05, 4.69) is 74.0 Å². The lowest BCUT2D eigenvalue weighted by Gasteiger charge is -2.29. The largest absolute Gasteiger partial charge is 0.228 e. The molecule has 0 unspecified atom stereocenters. The van der Waals surface area contributed by atoms with Gasteiger partial charge in [-0.1, -0.05) is 53.7 Å². The van der Waals surface area contributed by atoms with Crippen LogP contribution < -0.4 is 0 Å². The molecular formula is C18H24N2S2. The van der Waals surface area contributed by atoms with E-state index in [9.17, 15) is 0 Å². The average Bonchev–Trinajstić information content (AvgIpc) is 2.39. The highest BCUT2D eigenvalue weighted by Gasteiger charge is 2.24. The van der Waals surface area contributed by atoms with E-state index >= 15 is 0 Å². The topological polar surface area (TPSA) is 24.7 Å². The minimum atomic E-state index is 0.0399. The van der Waals surface area contributed by atoms with E-state index in [1.54, 1.807) is 0 Å². The minimum absolute atomic E-state index is 0.0399. The van der Waals surface area contributed by atoms with Gasteiger partial charge < -0.3 is 0 Å². The van der Waals surface area contributed by atoms with Gasteiger partial charge in [0.1, 0.15) is 0 Å². The quantitative estimate of drug-likeness (QED) is 0.538. The van der Waals surface area contributed by atoms with Crippen LogP contribution in [0.15, 0.2) is 22.1 Å². The van der Waals surface area contributed by atoms with Crippen molar-refractivity contribution in [2.75, 3.05) is 0 Å². The van der Waals surface area contributed by atoms with Gasteiger partial charge >= 0.3 is 0 Å². The summed E-state index contributed by atoms with van der Waals surface area (Å²) in [6.07, 6.45) is 0. The molecular weight excluding hydrogens is 308 g/mol. The SMILES string of the molecule is CC(C)(C)c1cc(C(C)(C)C)c(CN=C=S)cc1CN=C=S. The van der Waals surface area contributed by atoms with Gasteiger partial charge in [-0.25, -0.2) is 9.98 Å². The Morgan fingerprint density at radius 2 is 1.14 bits per heavy atom. The molecule has 0 saturated carbocycles. The van der Waals surface area contributed by atoms with E-state index in [1.807, 2.05) is 0 Å². The fraction of sp³-hybridized carbons (Fsp3) is 0.556. The summed E-state index contributed by atoms with van der Waals surface area (Å²) < 4.78 is 0. The van der Waals surface area contributed by atoms with Crippen LogP contribution in [0.4, 0.5) is 0 Å². The van der Waals surface area contributed by atoms with Crippen LogP contribution in [-0.2, 0) is 23.9 Å². The molecule has 1 aromatic rings. The standard InChI is InChI=1S/C18H24N2S2/c1-17(2,3)15-8-16(18(4,5)6)14(10-20-12-22)7-13(15)9-19-11-21/h7-8H,9-10H2,1-6H3. The molecule has 0 aliphatic carbocycles. The molecule has 0 aliphatic rings. The van der Waals surface area contributed by atoms with Crippen molar-refractivity contribution >= 4 is 34.8 Å². The maximum absolute atomic E-state index is 4.72. The van der Waals surface area contributed by atoms with Gasteiger partial charge in [-0.3, -0.25) is 0 Å². The first kappa shape index (κ1) is 18.9. The third-order valence-electron chi connectivity index (χ3n) is 3.57. The summed E-state index contributed by atoms with van der Waals surface area (Å²) in [5.41, 5.74) is 5.01. The Hall–Kier alpha value is -1.18. The molecule has 0 aliphatic heterocycles. The molecule has 0 saturated heterocycles. The van der Waals surface area contributed by atoms with Crippen molar-refractivity contribution in [2.24, 2.45) is 9.98 Å². The molecule has 0 spiro atoms. The molecule has 22 heavy (non-hydrogen) atoms. The smallest absolute Gasteiger partial charge is 0.0746 e. The highest BCUT2D eigenvalue weighted by atomic mass is 32.1. The molecule has 0 heterocycles. The first-order valence-corrected chi connectivity index (χ1v) is 8.17. The number of aliphatic imine (C=N–C) groups is 2. The summed E-state index contributed by atoms with van der Waals surface area (Å²) in [7, 11) is 0. The van der Waals surface area contributed by atoms with E-state index in [0.29, 0.717) is 13.1 Å². The molecule has 0 amide bonds.